The lowest BCUT2D eigenvalue weighted by molar-refractivity contribution is 0.182. The first-order valence-corrected chi connectivity index (χ1v) is 13.6. The summed E-state index contributed by atoms with van der Waals surface area (Å²) in [7, 11) is 3.62. The molecule has 1 aliphatic rings. The smallest absolute Gasteiger partial charge is 0.0462 e. The zero-order chi connectivity index (χ0) is 21.5. The number of nitrogens with zero attached hydrogens (tertiary/aromatic N) is 1. The van der Waals surface area contributed by atoms with E-state index in [1.807, 2.05) is 14.2 Å². The summed E-state index contributed by atoms with van der Waals surface area (Å²) in [5.41, 5.74) is 0. The molecule has 0 aromatic carbocycles. The van der Waals surface area contributed by atoms with E-state index in [1.165, 1.54) is 142 Å². The summed E-state index contributed by atoms with van der Waals surface area (Å²) in [5.74, 6) is 0.950. The van der Waals surface area contributed by atoms with E-state index in [4.69, 9.17) is 9.47 Å². The Balaban J connectivity index is 2.09. The Bertz CT molecular complexity index is 309. The molecule has 1 heterocycles. The average Bonchev–Trinajstić information content (AvgIpc) is 2.77. The molecule has 0 spiro atoms. The zero-order valence-corrected chi connectivity index (χ0v) is 20.8. The number of likely N-dealkylation sites (tertiary alicyclic amines) is 1. The van der Waals surface area contributed by atoms with Crippen LogP contribution in [-0.4, -0.2) is 52.0 Å². The first-order chi connectivity index (χ1) is 14.9. The molecule has 0 bridgehead atoms. The first-order valence-electron chi connectivity index (χ1n) is 13.6. The molecule has 0 aromatic rings. The number of piperidine rings is 1. The second kappa shape index (κ2) is 22.1. The minimum absolute atomic E-state index is 0.937. The molecule has 180 valence electrons. The van der Waals surface area contributed by atoms with Gasteiger partial charge in [-0.1, -0.05) is 83.5 Å². The third kappa shape index (κ3) is 17.5. The molecule has 0 saturated carbocycles. The van der Waals surface area contributed by atoms with Gasteiger partial charge in [0.2, 0.25) is 0 Å². The molecule has 0 unspecified atom stereocenters. The van der Waals surface area contributed by atoms with E-state index in [0.29, 0.717) is 0 Å². The van der Waals surface area contributed by atoms with Crippen molar-refractivity contribution in [3.05, 3.63) is 0 Å². The van der Waals surface area contributed by atoms with Crippen LogP contribution in [0.15, 0.2) is 0 Å². The van der Waals surface area contributed by atoms with Crippen molar-refractivity contribution >= 4 is 0 Å². The zero-order valence-electron chi connectivity index (χ0n) is 20.8. The lowest BCUT2D eigenvalue weighted by Crippen LogP contribution is -2.34. The number of methoxy groups -OCH3 is 2. The fourth-order valence-corrected chi connectivity index (χ4v) is 4.96. The Morgan fingerprint density at radius 1 is 0.533 bits per heavy atom. The van der Waals surface area contributed by atoms with E-state index in [-0.39, 0.29) is 0 Å². The van der Waals surface area contributed by atoms with E-state index in [0.717, 1.165) is 19.1 Å². The van der Waals surface area contributed by atoms with Gasteiger partial charge in [-0.25, -0.2) is 0 Å². The predicted molar refractivity (Wildman–Crippen MR) is 131 cm³/mol. The standard InChI is InChI=1S/C27H55NO2/c1-29-24-18-11-7-3-5-9-14-20-27(26-28-22-16-13-17-23-28)21-15-10-6-4-8-12-19-25-30-2/h27H,3-26H2,1-2H3. The number of rotatable bonds is 22. The van der Waals surface area contributed by atoms with Crippen molar-refractivity contribution in [2.24, 2.45) is 5.92 Å². The van der Waals surface area contributed by atoms with Gasteiger partial charge >= 0.3 is 0 Å². The Hall–Kier alpha value is -0.120. The summed E-state index contributed by atoms with van der Waals surface area (Å²) in [4.78, 5) is 2.78. The highest BCUT2D eigenvalue weighted by atomic mass is 16.5. The van der Waals surface area contributed by atoms with Crippen molar-refractivity contribution in [1.82, 2.24) is 4.90 Å². The maximum absolute atomic E-state index is 5.14. The Morgan fingerprint density at radius 3 is 1.37 bits per heavy atom. The topological polar surface area (TPSA) is 21.7 Å². The van der Waals surface area contributed by atoms with Crippen LogP contribution in [0.1, 0.15) is 122 Å². The minimum Gasteiger partial charge on any atom is -0.385 e. The van der Waals surface area contributed by atoms with Crippen LogP contribution in [-0.2, 0) is 9.47 Å². The summed E-state index contributed by atoms with van der Waals surface area (Å²) >= 11 is 0. The SMILES string of the molecule is COCCCCCCCCCC(CCCCCCCCCOC)CN1CCCCC1. The van der Waals surface area contributed by atoms with Crippen molar-refractivity contribution in [2.45, 2.75) is 122 Å². The van der Waals surface area contributed by atoms with Gasteiger partial charge in [0.15, 0.2) is 0 Å². The van der Waals surface area contributed by atoms with Crippen LogP contribution >= 0.6 is 0 Å². The molecule has 30 heavy (non-hydrogen) atoms. The highest BCUT2D eigenvalue weighted by Gasteiger charge is 2.16. The fourth-order valence-electron chi connectivity index (χ4n) is 4.96. The molecule has 0 aliphatic carbocycles. The number of unbranched alkanes of at least 4 members (excludes halogenated alkanes) is 12. The molecular formula is C27H55NO2. The Labute approximate surface area is 189 Å². The first kappa shape index (κ1) is 27.9. The molecule has 3 heteroatoms. The second-order valence-corrected chi connectivity index (χ2v) is 9.74. The van der Waals surface area contributed by atoms with Gasteiger partial charge in [-0.15, -0.1) is 0 Å². The van der Waals surface area contributed by atoms with E-state index < -0.39 is 0 Å². The molecular weight excluding hydrogens is 370 g/mol. The van der Waals surface area contributed by atoms with Crippen LogP contribution in [0.4, 0.5) is 0 Å². The van der Waals surface area contributed by atoms with E-state index in [1.54, 1.807) is 0 Å². The fraction of sp³-hybridized carbons (Fsp3) is 1.00. The minimum atomic E-state index is 0.937. The van der Waals surface area contributed by atoms with Gasteiger partial charge in [-0.05, 0) is 57.5 Å². The Morgan fingerprint density at radius 2 is 0.933 bits per heavy atom. The van der Waals surface area contributed by atoms with Crippen LogP contribution in [0.3, 0.4) is 0 Å². The van der Waals surface area contributed by atoms with Gasteiger partial charge in [-0.3, -0.25) is 0 Å². The molecule has 0 radical (unpaired) electrons. The van der Waals surface area contributed by atoms with Gasteiger partial charge in [0.25, 0.3) is 0 Å². The molecule has 0 atom stereocenters. The van der Waals surface area contributed by atoms with Gasteiger partial charge in [0, 0.05) is 34.0 Å². The van der Waals surface area contributed by atoms with Gasteiger partial charge in [0.1, 0.15) is 0 Å². The second-order valence-electron chi connectivity index (χ2n) is 9.74. The van der Waals surface area contributed by atoms with Crippen molar-refractivity contribution in [3.8, 4) is 0 Å². The summed E-state index contributed by atoms with van der Waals surface area (Å²) in [6.45, 7) is 5.98. The van der Waals surface area contributed by atoms with Crippen molar-refractivity contribution < 1.29 is 9.47 Å². The van der Waals surface area contributed by atoms with Crippen LogP contribution < -0.4 is 0 Å². The Kier molecular flexibility index (Phi) is 20.6. The average molecular weight is 426 g/mol. The van der Waals surface area contributed by atoms with E-state index >= 15 is 0 Å². The van der Waals surface area contributed by atoms with Crippen LogP contribution in [0.5, 0.6) is 0 Å². The third-order valence-corrected chi connectivity index (χ3v) is 6.89. The van der Waals surface area contributed by atoms with E-state index in [9.17, 15) is 0 Å². The van der Waals surface area contributed by atoms with Gasteiger partial charge in [0.05, 0.1) is 0 Å². The molecule has 1 rings (SSSR count). The molecule has 1 saturated heterocycles. The lowest BCUT2D eigenvalue weighted by atomic mass is 9.93. The monoisotopic (exact) mass is 425 g/mol. The highest BCUT2D eigenvalue weighted by molar-refractivity contribution is 4.70. The van der Waals surface area contributed by atoms with Gasteiger partial charge < -0.3 is 14.4 Å². The van der Waals surface area contributed by atoms with Crippen molar-refractivity contribution in [3.63, 3.8) is 0 Å². The van der Waals surface area contributed by atoms with Crippen molar-refractivity contribution in [2.75, 3.05) is 47.1 Å². The molecule has 0 N–H and O–H groups in total. The normalized spacial score (nSPS) is 15.3. The maximum atomic E-state index is 5.14. The molecule has 3 nitrogen and oxygen atoms in total. The lowest BCUT2D eigenvalue weighted by Gasteiger charge is -2.30. The molecule has 0 aromatic heterocycles. The molecule has 1 aliphatic heterocycles. The third-order valence-electron chi connectivity index (χ3n) is 6.89. The van der Waals surface area contributed by atoms with Crippen LogP contribution in [0.2, 0.25) is 0 Å². The predicted octanol–water partition coefficient (Wildman–Crippen LogP) is 7.62. The van der Waals surface area contributed by atoms with Crippen LogP contribution in [0.25, 0.3) is 0 Å². The number of ether oxygens (including phenoxy) is 2. The summed E-state index contributed by atoms with van der Waals surface area (Å²) in [6.07, 6.45) is 26.7. The number of hydrogen-bond acceptors (Lipinski definition) is 3. The maximum Gasteiger partial charge on any atom is 0.0462 e. The molecule has 0 amide bonds. The van der Waals surface area contributed by atoms with Crippen molar-refractivity contribution in [1.29, 1.82) is 0 Å². The largest absolute Gasteiger partial charge is 0.385 e. The summed E-state index contributed by atoms with van der Waals surface area (Å²) < 4.78 is 10.3. The number of hydrogen-bond donors (Lipinski definition) is 0. The summed E-state index contributed by atoms with van der Waals surface area (Å²) in [5, 5.41) is 0. The van der Waals surface area contributed by atoms with Gasteiger partial charge in [-0.2, -0.15) is 0 Å². The molecule has 1 fully saturated rings. The quantitative estimate of drug-likeness (QED) is 0.166. The van der Waals surface area contributed by atoms with E-state index in [2.05, 4.69) is 4.90 Å². The summed E-state index contributed by atoms with van der Waals surface area (Å²) in [6, 6.07) is 0. The highest BCUT2D eigenvalue weighted by Crippen LogP contribution is 2.22. The van der Waals surface area contributed by atoms with Crippen LogP contribution in [0, 0.1) is 5.92 Å².